The first-order chi connectivity index (χ1) is 12.3. The standard InChI is InChI=1S/C16H18Cl2F2N4OS.HI/c1-8-13(26-9(2)24-8)7-23-16(21-3)22-6-10-4-11(17)5-12(18)14(10)25-15(19)20;/h4-5,15H,6-7H2,1-3H3,(H2,21,22,23);1H. The van der Waals surface area contributed by atoms with E-state index >= 15 is 0 Å². The second-order valence-corrected chi connectivity index (χ2v) is 7.41. The van der Waals surface area contributed by atoms with E-state index in [9.17, 15) is 8.78 Å². The summed E-state index contributed by atoms with van der Waals surface area (Å²) in [4.78, 5) is 9.58. The molecule has 0 spiro atoms. The lowest BCUT2D eigenvalue weighted by atomic mass is 10.2. The van der Waals surface area contributed by atoms with Crippen molar-refractivity contribution < 1.29 is 13.5 Å². The van der Waals surface area contributed by atoms with Gasteiger partial charge in [0.05, 0.1) is 22.3 Å². The van der Waals surface area contributed by atoms with E-state index in [0.717, 1.165) is 15.6 Å². The topological polar surface area (TPSA) is 58.5 Å². The zero-order valence-corrected chi connectivity index (χ0v) is 19.4. The van der Waals surface area contributed by atoms with E-state index in [2.05, 4.69) is 25.3 Å². The number of benzene rings is 1. The van der Waals surface area contributed by atoms with Crippen LogP contribution in [0.15, 0.2) is 17.1 Å². The van der Waals surface area contributed by atoms with E-state index in [1.54, 1.807) is 18.4 Å². The van der Waals surface area contributed by atoms with Gasteiger partial charge in [-0.05, 0) is 26.0 Å². The number of nitrogens with zero attached hydrogens (tertiary/aromatic N) is 2. The van der Waals surface area contributed by atoms with Crippen molar-refractivity contribution in [1.82, 2.24) is 15.6 Å². The molecule has 0 fully saturated rings. The Bertz CT molecular complexity index is 805. The first-order valence-electron chi connectivity index (χ1n) is 7.60. The molecule has 0 atom stereocenters. The van der Waals surface area contributed by atoms with Crippen molar-refractivity contribution in [3.8, 4) is 5.75 Å². The monoisotopic (exact) mass is 550 g/mol. The van der Waals surface area contributed by atoms with Crippen LogP contribution in [-0.4, -0.2) is 24.6 Å². The van der Waals surface area contributed by atoms with Gasteiger partial charge in [-0.15, -0.1) is 35.3 Å². The summed E-state index contributed by atoms with van der Waals surface area (Å²) in [5.41, 5.74) is 1.36. The van der Waals surface area contributed by atoms with Gasteiger partial charge in [-0.2, -0.15) is 8.78 Å². The van der Waals surface area contributed by atoms with Crippen LogP contribution in [0.25, 0.3) is 0 Å². The van der Waals surface area contributed by atoms with Gasteiger partial charge in [0.15, 0.2) is 5.96 Å². The molecule has 0 unspecified atom stereocenters. The summed E-state index contributed by atoms with van der Waals surface area (Å²) in [6.45, 7) is 1.61. The number of aryl methyl sites for hydroxylation is 2. The number of hydrogen-bond donors (Lipinski definition) is 2. The lowest BCUT2D eigenvalue weighted by Crippen LogP contribution is -2.36. The van der Waals surface area contributed by atoms with Crippen molar-refractivity contribution in [3.63, 3.8) is 0 Å². The summed E-state index contributed by atoms with van der Waals surface area (Å²) < 4.78 is 29.8. The Morgan fingerprint density at radius 3 is 2.48 bits per heavy atom. The van der Waals surface area contributed by atoms with Gasteiger partial charge in [0.1, 0.15) is 5.75 Å². The summed E-state index contributed by atoms with van der Waals surface area (Å²) in [6, 6.07) is 2.87. The molecule has 0 aliphatic rings. The molecule has 1 aromatic carbocycles. The van der Waals surface area contributed by atoms with Crippen molar-refractivity contribution in [2.24, 2.45) is 4.99 Å². The number of nitrogens with one attached hydrogen (secondary N) is 2. The van der Waals surface area contributed by atoms with Crippen molar-refractivity contribution in [3.05, 3.63) is 43.3 Å². The smallest absolute Gasteiger partial charge is 0.387 e. The molecule has 11 heteroatoms. The van der Waals surface area contributed by atoms with Gasteiger partial charge in [-0.1, -0.05) is 23.2 Å². The third-order valence-corrected chi connectivity index (χ3v) is 4.95. The molecule has 1 heterocycles. The minimum absolute atomic E-state index is 0. The Morgan fingerprint density at radius 1 is 1.26 bits per heavy atom. The number of aliphatic imine (C=N–C) groups is 1. The fourth-order valence-electron chi connectivity index (χ4n) is 2.27. The number of guanidine groups is 1. The number of alkyl halides is 2. The lowest BCUT2D eigenvalue weighted by molar-refractivity contribution is -0.0504. The summed E-state index contributed by atoms with van der Waals surface area (Å²) in [5.74, 6) is 0.387. The molecule has 0 saturated heterocycles. The second-order valence-electron chi connectivity index (χ2n) is 5.28. The molecule has 1 aromatic heterocycles. The second kappa shape index (κ2) is 11.2. The largest absolute Gasteiger partial charge is 0.433 e. The van der Waals surface area contributed by atoms with Gasteiger partial charge in [0, 0.05) is 29.1 Å². The minimum atomic E-state index is -2.98. The van der Waals surface area contributed by atoms with Gasteiger partial charge in [-0.3, -0.25) is 4.99 Å². The molecule has 0 amide bonds. The van der Waals surface area contributed by atoms with Crippen LogP contribution in [0.3, 0.4) is 0 Å². The summed E-state index contributed by atoms with van der Waals surface area (Å²) in [6.07, 6.45) is 0. The summed E-state index contributed by atoms with van der Waals surface area (Å²) in [5, 5.41) is 7.52. The number of hydrogen-bond acceptors (Lipinski definition) is 4. The van der Waals surface area contributed by atoms with E-state index in [0.29, 0.717) is 23.1 Å². The third kappa shape index (κ3) is 7.20. The van der Waals surface area contributed by atoms with E-state index in [-0.39, 0.29) is 41.3 Å². The Morgan fingerprint density at radius 2 is 1.93 bits per heavy atom. The SMILES string of the molecule is CN=C(NCc1cc(Cl)cc(Cl)c1OC(F)F)NCc1sc(C)nc1C.I. The van der Waals surface area contributed by atoms with E-state index in [4.69, 9.17) is 23.2 Å². The highest BCUT2D eigenvalue weighted by molar-refractivity contribution is 14.0. The van der Waals surface area contributed by atoms with Crippen LogP contribution >= 0.6 is 58.5 Å². The first kappa shape index (κ1) is 24.1. The zero-order chi connectivity index (χ0) is 19.3. The van der Waals surface area contributed by atoms with E-state index in [1.807, 2.05) is 13.8 Å². The Balaban J connectivity index is 0.00000364. The number of halogens is 5. The lowest BCUT2D eigenvalue weighted by Gasteiger charge is -2.16. The molecule has 0 radical (unpaired) electrons. The van der Waals surface area contributed by atoms with Crippen molar-refractivity contribution in [2.45, 2.75) is 33.5 Å². The van der Waals surface area contributed by atoms with E-state index in [1.165, 1.54) is 12.1 Å². The average molecular weight is 551 g/mol. The predicted molar refractivity (Wildman–Crippen MR) is 117 cm³/mol. The van der Waals surface area contributed by atoms with Crippen LogP contribution in [0.1, 0.15) is 21.1 Å². The van der Waals surface area contributed by atoms with Crippen LogP contribution in [-0.2, 0) is 13.1 Å². The van der Waals surface area contributed by atoms with Crippen LogP contribution in [0.4, 0.5) is 8.78 Å². The predicted octanol–water partition coefficient (Wildman–Crippen LogP) is 5.15. The highest BCUT2D eigenvalue weighted by Gasteiger charge is 2.15. The quantitative estimate of drug-likeness (QED) is 0.297. The normalized spacial score (nSPS) is 11.3. The summed E-state index contributed by atoms with van der Waals surface area (Å²) >= 11 is 13.5. The number of ether oxygens (including phenoxy) is 1. The number of thiazole rings is 1. The maximum absolute atomic E-state index is 12.6. The van der Waals surface area contributed by atoms with Crippen LogP contribution in [0.2, 0.25) is 10.0 Å². The Labute approximate surface area is 187 Å². The zero-order valence-electron chi connectivity index (χ0n) is 14.8. The van der Waals surface area contributed by atoms with Gasteiger partial charge in [0.25, 0.3) is 0 Å². The molecule has 0 saturated carbocycles. The van der Waals surface area contributed by atoms with Gasteiger partial charge in [-0.25, -0.2) is 4.98 Å². The highest BCUT2D eigenvalue weighted by atomic mass is 127. The molecule has 2 rings (SSSR count). The van der Waals surface area contributed by atoms with Gasteiger partial charge >= 0.3 is 6.61 Å². The maximum Gasteiger partial charge on any atom is 0.387 e. The Kier molecular flexibility index (Phi) is 9.99. The summed E-state index contributed by atoms with van der Waals surface area (Å²) in [7, 11) is 1.61. The molecule has 2 aromatic rings. The molecule has 150 valence electrons. The number of rotatable bonds is 6. The van der Waals surface area contributed by atoms with Crippen LogP contribution in [0.5, 0.6) is 5.75 Å². The van der Waals surface area contributed by atoms with Crippen LogP contribution < -0.4 is 15.4 Å². The van der Waals surface area contributed by atoms with Gasteiger partial charge < -0.3 is 15.4 Å². The highest BCUT2D eigenvalue weighted by Crippen LogP contribution is 2.33. The third-order valence-electron chi connectivity index (χ3n) is 3.38. The minimum Gasteiger partial charge on any atom is -0.433 e. The molecule has 0 bridgehead atoms. The molecule has 5 nitrogen and oxygen atoms in total. The van der Waals surface area contributed by atoms with E-state index < -0.39 is 6.61 Å². The fourth-order valence-corrected chi connectivity index (χ4v) is 3.72. The van der Waals surface area contributed by atoms with Crippen LogP contribution in [0, 0.1) is 13.8 Å². The number of aromatic nitrogens is 1. The molecule has 2 N–H and O–H groups in total. The average Bonchev–Trinajstić information content (AvgIpc) is 2.88. The molecular weight excluding hydrogens is 532 g/mol. The Hall–Kier alpha value is -0.910. The van der Waals surface area contributed by atoms with Gasteiger partial charge in [0.2, 0.25) is 0 Å². The fraction of sp³-hybridized carbons (Fsp3) is 0.375. The molecule has 0 aliphatic carbocycles. The van der Waals surface area contributed by atoms with Crippen molar-refractivity contribution in [2.75, 3.05) is 7.05 Å². The molecule has 0 aliphatic heterocycles. The molecular formula is C16H19Cl2F2IN4OS. The van der Waals surface area contributed by atoms with Crippen molar-refractivity contribution >= 4 is 64.5 Å². The van der Waals surface area contributed by atoms with Crippen molar-refractivity contribution in [1.29, 1.82) is 0 Å². The molecule has 27 heavy (non-hydrogen) atoms. The maximum atomic E-state index is 12.6. The first-order valence-corrected chi connectivity index (χ1v) is 9.17.